The third-order valence-corrected chi connectivity index (χ3v) is 7.49. The van der Waals surface area contributed by atoms with Crippen molar-refractivity contribution < 1.29 is 18.0 Å². The van der Waals surface area contributed by atoms with E-state index in [1.54, 1.807) is 61.5 Å². The Kier molecular flexibility index (Phi) is 8.28. The average Bonchev–Trinajstić information content (AvgIpc) is 2.80. The molecule has 3 rings (SSSR count). The molecule has 2 aromatic carbocycles. The predicted octanol–water partition coefficient (Wildman–Crippen LogP) is 3.57. The highest BCUT2D eigenvalue weighted by Crippen LogP contribution is 2.29. The number of anilines is 1. The maximum absolute atomic E-state index is 12.6. The minimum absolute atomic E-state index is 0.157. The van der Waals surface area contributed by atoms with Gasteiger partial charge in [0.25, 0.3) is 0 Å². The molecular formula is C23H28ClN3O4S. The predicted molar refractivity (Wildman–Crippen MR) is 125 cm³/mol. The van der Waals surface area contributed by atoms with E-state index in [-0.39, 0.29) is 28.5 Å². The molecule has 0 radical (unpaired) electrons. The molecule has 0 aliphatic heterocycles. The molecule has 9 heteroatoms. The van der Waals surface area contributed by atoms with E-state index in [2.05, 4.69) is 15.4 Å². The second-order valence-corrected chi connectivity index (χ2v) is 10.3. The van der Waals surface area contributed by atoms with E-state index in [0.717, 1.165) is 12.8 Å². The van der Waals surface area contributed by atoms with Crippen molar-refractivity contribution >= 4 is 39.1 Å². The lowest BCUT2D eigenvalue weighted by atomic mass is 9.81. The fraction of sp³-hybridized carbons (Fsp3) is 0.391. The highest BCUT2D eigenvalue weighted by Gasteiger charge is 2.29. The van der Waals surface area contributed by atoms with Crippen LogP contribution in [0.1, 0.15) is 32.6 Å². The van der Waals surface area contributed by atoms with Crippen LogP contribution in [0.3, 0.4) is 0 Å². The van der Waals surface area contributed by atoms with E-state index in [9.17, 15) is 18.0 Å². The molecule has 2 amide bonds. The quantitative estimate of drug-likeness (QED) is 0.540. The second-order valence-electron chi connectivity index (χ2n) is 8.08. The van der Waals surface area contributed by atoms with Gasteiger partial charge in [0.2, 0.25) is 21.8 Å². The van der Waals surface area contributed by atoms with Gasteiger partial charge in [-0.3, -0.25) is 9.59 Å². The molecule has 32 heavy (non-hydrogen) atoms. The van der Waals surface area contributed by atoms with Gasteiger partial charge < -0.3 is 10.6 Å². The summed E-state index contributed by atoms with van der Waals surface area (Å²) >= 11 is 6.06. The zero-order chi connectivity index (χ0) is 23.1. The topological polar surface area (TPSA) is 104 Å². The SMILES string of the molecule is C[C@H](NC(=O)C1CCC(CNS(=O)(=O)c2ccccc2)CC1)C(=O)Nc1ccccc1Cl. The summed E-state index contributed by atoms with van der Waals surface area (Å²) in [7, 11) is -3.53. The van der Waals surface area contributed by atoms with Gasteiger partial charge in [-0.05, 0) is 62.8 Å². The van der Waals surface area contributed by atoms with Crippen LogP contribution in [0.5, 0.6) is 0 Å². The van der Waals surface area contributed by atoms with Crippen molar-refractivity contribution in [2.24, 2.45) is 11.8 Å². The smallest absolute Gasteiger partial charge is 0.246 e. The summed E-state index contributed by atoms with van der Waals surface area (Å²) in [6, 6.07) is 14.5. The van der Waals surface area contributed by atoms with Crippen molar-refractivity contribution in [3.05, 3.63) is 59.6 Å². The van der Waals surface area contributed by atoms with Crippen molar-refractivity contribution in [1.29, 1.82) is 0 Å². The summed E-state index contributed by atoms with van der Waals surface area (Å²) in [6.45, 7) is 1.98. The highest BCUT2D eigenvalue weighted by atomic mass is 35.5. The minimum Gasteiger partial charge on any atom is -0.344 e. The Bertz CT molecular complexity index is 1040. The van der Waals surface area contributed by atoms with E-state index in [1.807, 2.05) is 0 Å². The van der Waals surface area contributed by atoms with Crippen molar-refractivity contribution in [3.8, 4) is 0 Å². The Morgan fingerprint density at radius 1 is 1.00 bits per heavy atom. The van der Waals surface area contributed by atoms with Crippen LogP contribution in [0.4, 0.5) is 5.69 Å². The van der Waals surface area contributed by atoms with E-state index in [4.69, 9.17) is 11.6 Å². The lowest BCUT2D eigenvalue weighted by molar-refractivity contribution is -0.129. The Hall–Kier alpha value is -2.42. The molecule has 0 spiro atoms. The van der Waals surface area contributed by atoms with Gasteiger partial charge in [-0.25, -0.2) is 13.1 Å². The summed E-state index contributed by atoms with van der Waals surface area (Å²) < 4.78 is 27.4. The molecule has 0 heterocycles. The molecule has 1 fully saturated rings. The van der Waals surface area contributed by atoms with Gasteiger partial charge in [0, 0.05) is 12.5 Å². The van der Waals surface area contributed by atoms with Crippen molar-refractivity contribution in [1.82, 2.24) is 10.0 Å². The molecule has 1 aliphatic carbocycles. The third-order valence-electron chi connectivity index (χ3n) is 5.72. The number of rotatable bonds is 8. The lowest BCUT2D eigenvalue weighted by Crippen LogP contribution is -2.45. The van der Waals surface area contributed by atoms with Crippen molar-refractivity contribution in [3.63, 3.8) is 0 Å². The molecule has 0 aromatic heterocycles. The number of benzene rings is 2. The number of para-hydroxylation sites is 1. The van der Waals surface area contributed by atoms with E-state index in [0.29, 0.717) is 30.1 Å². The molecule has 0 saturated heterocycles. The monoisotopic (exact) mass is 477 g/mol. The number of sulfonamides is 1. The standard InChI is InChI=1S/C23H28ClN3O4S/c1-16(22(28)27-21-10-6-5-9-20(21)24)26-23(29)18-13-11-17(12-14-18)15-25-32(30,31)19-7-3-2-4-8-19/h2-10,16-18,25H,11-15H2,1H3,(H,26,29)(H,27,28)/t16-,17?,18?/m0/s1. The summed E-state index contributed by atoms with van der Waals surface area (Å²) in [6.07, 6.45) is 2.80. The first-order valence-corrected chi connectivity index (χ1v) is 12.5. The molecule has 3 N–H and O–H groups in total. The van der Waals surface area contributed by atoms with Crippen LogP contribution in [-0.4, -0.2) is 32.8 Å². The minimum atomic E-state index is -3.53. The van der Waals surface area contributed by atoms with Crippen LogP contribution in [0, 0.1) is 11.8 Å². The van der Waals surface area contributed by atoms with E-state index >= 15 is 0 Å². The Labute approximate surface area is 194 Å². The van der Waals surface area contributed by atoms with Crippen molar-refractivity contribution in [2.75, 3.05) is 11.9 Å². The number of halogens is 1. The maximum Gasteiger partial charge on any atom is 0.246 e. The molecule has 1 saturated carbocycles. The van der Waals surface area contributed by atoms with Crippen LogP contribution in [0.25, 0.3) is 0 Å². The maximum atomic E-state index is 12.6. The van der Waals surface area contributed by atoms with E-state index in [1.165, 1.54) is 0 Å². The molecule has 0 bridgehead atoms. The number of carbonyl (C=O) groups excluding carboxylic acids is 2. The highest BCUT2D eigenvalue weighted by molar-refractivity contribution is 7.89. The Balaban J connectivity index is 1.43. The first-order chi connectivity index (χ1) is 15.3. The summed E-state index contributed by atoms with van der Waals surface area (Å²) in [5.74, 6) is -0.503. The molecule has 0 unspecified atom stereocenters. The first-order valence-electron chi connectivity index (χ1n) is 10.7. The number of nitrogens with one attached hydrogen (secondary N) is 3. The number of carbonyl (C=O) groups is 2. The second kappa shape index (κ2) is 10.9. The number of hydrogen-bond acceptors (Lipinski definition) is 4. The molecule has 1 atom stereocenters. The molecule has 1 aliphatic rings. The zero-order valence-electron chi connectivity index (χ0n) is 17.9. The average molecular weight is 478 g/mol. The van der Waals surface area contributed by atoms with Crippen LogP contribution < -0.4 is 15.4 Å². The molecule has 172 valence electrons. The molecular weight excluding hydrogens is 450 g/mol. The summed E-state index contributed by atoms with van der Waals surface area (Å²) in [5.41, 5.74) is 0.499. The number of amides is 2. The summed E-state index contributed by atoms with van der Waals surface area (Å²) in [5, 5.41) is 5.93. The van der Waals surface area contributed by atoms with Gasteiger partial charge in [-0.15, -0.1) is 0 Å². The van der Waals surface area contributed by atoms with Crippen LogP contribution in [0.2, 0.25) is 5.02 Å². The van der Waals surface area contributed by atoms with Gasteiger partial charge >= 0.3 is 0 Å². The fourth-order valence-corrected chi connectivity index (χ4v) is 5.06. The van der Waals surface area contributed by atoms with Crippen LogP contribution in [0.15, 0.2) is 59.5 Å². The van der Waals surface area contributed by atoms with Gasteiger partial charge in [0.05, 0.1) is 15.6 Å². The lowest BCUT2D eigenvalue weighted by Gasteiger charge is -2.28. The number of hydrogen-bond donors (Lipinski definition) is 3. The zero-order valence-corrected chi connectivity index (χ0v) is 19.5. The molecule has 2 aromatic rings. The Morgan fingerprint density at radius 2 is 1.62 bits per heavy atom. The van der Waals surface area contributed by atoms with Crippen molar-refractivity contribution in [2.45, 2.75) is 43.5 Å². The third kappa shape index (κ3) is 6.54. The fourth-order valence-electron chi connectivity index (χ4n) is 3.74. The van der Waals surface area contributed by atoms with Gasteiger partial charge in [-0.2, -0.15) is 0 Å². The Morgan fingerprint density at radius 3 is 2.28 bits per heavy atom. The summed E-state index contributed by atoms with van der Waals surface area (Å²) in [4.78, 5) is 25.2. The van der Waals surface area contributed by atoms with Crippen LogP contribution in [-0.2, 0) is 19.6 Å². The van der Waals surface area contributed by atoms with Gasteiger partial charge in [-0.1, -0.05) is 41.9 Å². The van der Waals surface area contributed by atoms with Gasteiger partial charge in [0.1, 0.15) is 6.04 Å². The van der Waals surface area contributed by atoms with Crippen LogP contribution >= 0.6 is 11.6 Å². The molecule has 7 nitrogen and oxygen atoms in total. The largest absolute Gasteiger partial charge is 0.344 e. The van der Waals surface area contributed by atoms with E-state index < -0.39 is 16.1 Å². The normalized spacial score (nSPS) is 19.7. The first kappa shape index (κ1) is 24.2. The van der Waals surface area contributed by atoms with Gasteiger partial charge in [0.15, 0.2) is 0 Å².